The molecule has 0 spiro atoms. The van der Waals surface area contributed by atoms with Crippen molar-refractivity contribution in [2.75, 3.05) is 14.2 Å². The molecule has 0 heterocycles. The Morgan fingerprint density at radius 1 is 1.35 bits per heavy atom. The minimum Gasteiger partial charge on any atom is -0.497 e. The molecule has 1 aliphatic carbocycles. The molecule has 1 fully saturated rings. The van der Waals surface area contributed by atoms with Crippen LogP contribution in [0.25, 0.3) is 0 Å². The molecule has 1 aliphatic rings. The van der Waals surface area contributed by atoms with E-state index in [0.717, 1.165) is 4.90 Å². The number of methoxy groups -OCH3 is 2. The molecular weight excluding hydrogens is 240 g/mol. The zero-order valence-corrected chi connectivity index (χ0v) is 10.5. The summed E-state index contributed by atoms with van der Waals surface area (Å²) in [6, 6.07) is 5.41. The molecule has 0 unspecified atom stereocenters. The fourth-order valence-electron chi connectivity index (χ4n) is 1.54. The lowest BCUT2D eigenvalue weighted by molar-refractivity contribution is -0.137. The minimum absolute atomic E-state index is 0.651. The molecule has 5 heteroatoms. The molecule has 4 nitrogen and oxygen atoms in total. The maximum absolute atomic E-state index is 11.1. The van der Waals surface area contributed by atoms with Gasteiger partial charge in [-0.05, 0) is 25.0 Å². The van der Waals surface area contributed by atoms with E-state index < -0.39 is 10.7 Å². The van der Waals surface area contributed by atoms with Crippen molar-refractivity contribution in [3.05, 3.63) is 18.2 Å². The van der Waals surface area contributed by atoms with Gasteiger partial charge < -0.3 is 14.6 Å². The molecule has 17 heavy (non-hydrogen) atoms. The Hall–Kier alpha value is -1.36. The van der Waals surface area contributed by atoms with E-state index >= 15 is 0 Å². The maximum atomic E-state index is 11.1. The van der Waals surface area contributed by atoms with Gasteiger partial charge in [-0.2, -0.15) is 0 Å². The molecular formula is C12H14O4S. The molecule has 0 aliphatic heterocycles. The SMILES string of the molecule is COc1ccc(SC2(C(=O)O)CC2)c(OC)c1. The van der Waals surface area contributed by atoms with Crippen LogP contribution in [0.5, 0.6) is 11.5 Å². The van der Waals surface area contributed by atoms with Gasteiger partial charge in [0.15, 0.2) is 0 Å². The first-order chi connectivity index (χ1) is 8.11. The van der Waals surface area contributed by atoms with Crippen LogP contribution in [0.2, 0.25) is 0 Å². The quantitative estimate of drug-likeness (QED) is 0.874. The van der Waals surface area contributed by atoms with Crippen LogP contribution in [0.3, 0.4) is 0 Å². The Labute approximate surface area is 104 Å². The average Bonchev–Trinajstić information content (AvgIpc) is 3.10. The van der Waals surface area contributed by atoms with E-state index in [1.807, 2.05) is 12.1 Å². The number of hydrogen-bond donors (Lipinski definition) is 1. The van der Waals surface area contributed by atoms with Crippen LogP contribution in [-0.2, 0) is 4.79 Å². The van der Waals surface area contributed by atoms with Gasteiger partial charge in [-0.25, -0.2) is 0 Å². The van der Waals surface area contributed by atoms with E-state index in [0.29, 0.717) is 24.3 Å². The number of thioether (sulfide) groups is 1. The average molecular weight is 254 g/mol. The molecule has 0 atom stereocenters. The van der Waals surface area contributed by atoms with Crippen molar-refractivity contribution in [1.29, 1.82) is 0 Å². The van der Waals surface area contributed by atoms with E-state index in [2.05, 4.69) is 0 Å². The first kappa shape index (κ1) is 12.1. The van der Waals surface area contributed by atoms with Crippen molar-refractivity contribution in [3.63, 3.8) is 0 Å². The fourth-order valence-corrected chi connectivity index (χ4v) is 2.74. The van der Waals surface area contributed by atoms with Gasteiger partial charge in [-0.15, -0.1) is 11.8 Å². The molecule has 0 amide bonds. The normalized spacial score (nSPS) is 16.4. The van der Waals surface area contributed by atoms with E-state index in [1.54, 1.807) is 20.3 Å². The second kappa shape index (κ2) is 4.49. The first-order valence-corrected chi connectivity index (χ1v) is 6.07. The molecule has 1 aromatic carbocycles. The molecule has 1 aromatic rings. The van der Waals surface area contributed by atoms with Gasteiger partial charge in [0.05, 0.1) is 19.1 Å². The molecule has 1 N–H and O–H groups in total. The van der Waals surface area contributed by atoms with Gasteiger partial charge >= 0.3 is 5.97 Å². The van der Waals surface area contributed by atoms with Crippen molar-refractivity contribution in [3.8, 4) is 11.5 Å². The number of ether oxygens (including phenoxy) is 2. The largest absolute Gasteiger partial charge is 0.497 e. The van der Waals surface area contributed by atoms with E-state index in [4.69, 9.17) is 14.6 Å². The van der Waals surface area contributed by atoms with Gasteiger partial charge in [-0.1, -0.05) is 0 Å². The molecule has 0 saturated heterocycles. The number of hydrogen-bond acceptors (Lipinski definition) is 4. The molecule has 1 saturated carbocycles. The molecule has 0 aromatic heterocycles. The second-order valence-corrected chi connectivity index (χ2v) is 5.34. The number of benzene rings is 1. The Balaban J connectivity index is 2.24. The molecule has 0 radical (unpaired) electrons. The standard InChI is InChI=1S/C12H14O4S/c1-15-8-3-4-10(9(7-8)16-2)17-12(5-6-12)11(13)14/h3-4,7H,5-6H2,1-2H3,(H,13,14). The topological polar surface area (TPSA) is 55.8 Å². The summed E-state index contributed by atoms with van der Waals surface area (Å²) in [7, 11) is 3.15. The van der Waals surface area contributed by atoms with Crippen LogP contribution in [-0.4, -0.2) is 30.0 Å². The predicted octanol–water partition coefficient (Wildman–Crippen LogP) is 2.41. The highest BCUT2D eigenvalue weighted by molar-refractivity contribution is 8.01. The Kier molecular flexibility index (Phi) is 3.19. The van der Waals surface area contributed by atoms with E-state index in [9.17, 15) is 4.79 Å². The maximum Gasteiger partial charge on any atom is 0.320 e. The highest BCUT2D eigenvalue weighted by atomic mass is 32.2. The zero-order valence-electron chi connectivity index (χ0n) is 9.73. The Morgan fingerprint density at radius 3 is 2.53 bits per heavy atom. The molecule has 92 valence electrons. The van der Waals surface area contributed by atoms with Crippen molar-refractivity contribution >= 4 is 17.7 Å². The molecule has 0 bridgehead atoms. The van der Waals surface area contributed by atoms with Crippen LogP contribution in [0.4, 0.5) is 0 Å². The monoisotopic (exact) mass is 254 g/mol. The van der Waals surface area contributed by atoms with Gasteiger partial charge in [-0.3, -0.25) is 4.79 Å². The zero-order chi connectivity index (χ0) is 12.5. The lowest BCUT2D eigenvalue weighted by atomic mass is 10.3. The van der Waals surface area contributed by atoms with E-state index in [-0.39, 0.29) is 0 Å². The third kappa shape index (κ3) is 2.34. The van der Waals surface area contributed by atoms with Gasteiger partial charge in [0, 0.05) is 6.07 Å². The van der Waals surface area contributed by atoms with Crippen LogP contribution < -0.4 is 9.47 Å². The summed E-state index contributed by atoms with van der Waals surface area (Å²) in [5.41, 5.74) is 0. The summed E-state index contributed by atoms with van der Waals surface area (Å²) in [5, 5.41) is 9.14. The first-order valence-electron chi connectivity index (χ1n) is 5.26. The van der Waals surface area contributed by atoms with Crippen LogP contribution in [0.15, 0.2) is 23.1 Å². The van der Waals surface area contributed by atoms with Crippen LogP contribution in [0.1, 0.15) is 12.8 Å². The van der Waals surface area contributed by atoms with Gasteiger partial charge in [0.2, 0.25) is 0 Å². The highest BCUT2D eigenvalue weighted by Gasteiger charge is 2.51. The number of rotatable bonds is 5. The summed E-state index contributed by atoms with van der Waals surface area (Å²) >= 11 is 1.36. The smallest absolute Gasteiger partial charge is 0.320 e. The van der Waals surface area contributed by atoms with Crippen molar-refractivity contribution in [1.82, 2.24) is 0 Å². The van der Waals surface area contributed by atoms with Crippen LogP contribution in [0, 0.1) is 0 Å². The number of aliphatic carboxylic acids is 1. The summed E-state index contributed by atoms with van der Waals surface area (Å²) < 4.78 is 9.70. The lowest BCUT2D eigenvalue weighted by Gasteiger charge is -2.13. The second-order valence-electron chi connectivity index (χ2n) is 3.92. The predicted molar refractivity (Wildman–Crippen MR) is 65.0 cm³/mol. The Bertz CT molecular complexity index is 440. The summed E-state index contributed by atoms with van der Waals surface area (Å²) in [5.74, 6) is 0.605. The number of carboxylic acids is 1. The summed E-state index contributed by atoms with van der Waals surface area (Å²) in [6.45, 7) is 0. The van der Waals surface area contributed by atoms with Crippen molar-refractivity contribution < 1.29 is 19.4 Å². The Morgan fingerprint density at radius 2 is 2.06 bits per heavy atom. The summed E-state index contributed by atoms with van der Waals surface area (Å²) in [6.07, 6.45) is 1.42. The minimum atomic E-state index is -0.750. The van der Waals surface area contributed by atoms with E-state index in [1.165, 1.54) is 11.8 Å². The van der Waals surface area contributed by atoms with Crippen LogP contribution >= 0.6 is 11.8 Å². The van der Waals surface area contributed by atoms with Crippen molar-refractivity contribution in [2.24, 2.45) is 0 Å². The highest BCUT2D eigenvalue weighted by Crippen LogP contribution is 2.54. The third-order valence-corrected chi connectivity index (χ3v) is 4.30. The fraction of sp³-hybridized carbons (Fsp3) is 0.417. The summed E-state index contributed by atoms with van der Waals surface area (Å²) in [4.78, 5) is 12.0. The molecule has 2 rings (SSSR count). The van der Waals surface area contributed by atoms with Gasteiger partial charge in [0.25, 0.3) is 0 Å². The van der Waals surface area contributed by atoms with Gasteiger partial charge in [0.1, 0.15) is 16.2 Å². The third-order valence-electron chi connectivity index (χ3n) is 2.77. The number of carboxylic acid groups (broad SMARTS) is 1. The number of carbonyl (C=O) groups is 1. The van der Waals surface area contributed by atoms with Crippen molar-refractivity contribution in [2.45, 2.75) is 22.5 Å². The lowest BCUT2D eigenvalue weighted by Crippen LogP contribution is -2.17.